The molecule has 112 valence electrons. The Balaban J connectivity index is 1.90. The number of carbonyl (C=O) groups is 2. The maximum Gasteiger partial charge on any atom is 0.475 e. The zero-order chi connectivity index (χ0) is 15.4. The Hall–Kier alpha value is -1.20. The Morgan fingerprint density at radius 3 is 2.95 bits per heavy atom. The van der Waals surface area contributed by atoms with Crippen molar-refractivity contribution in [1.29, 1.82) is 0 Å². The van der Waals surface area contributed by atoms with Gasteiger partial charge in [0.2, 0.25) is 5.91 Å². The van der Waals surface area contributed by atoms with Crippen molar-refractivity contribution in [2.24, 2.45) is 0 Å². The molecule has 0 bridgehead atoms. The van der Waals surface area contributed by atoms with Crippen LogP contribution in [-0.4, -0.2) is 57.9 Å². The number of nitrogens with one attached hydrogen (secondary N) is 1. The number of pyridine rings is 1. The molecule has 1 unspecified atom stereocenters. The molecule has 0 aromatic carbocycles. The monoisotopic (exact) mass is 403 g/mol. The number of hydrogen-bond donors (Lipinski definition) is 3. The molecular weight excluding hydrogens is 388 g/mol. The van der Waals surface area contributed by atoms with E-state index in [-0.39, 0.29) is 18.1 Å². The molecule has 1 aromatic rings. The van der Waals surface area contributed by atoms with Crippen molar-refractivity contribution in [2.75, 3.05) is 13.1 Å². The van der Waals surface area contributed by atoms with E-state index in [1.165, 1.54) is 11.1 Å². The third kappa shape index (κ3) is 4.14. The largest absolute Gasteiger partial charge is 0.475 e. The standard InChI is InChI=1S/C12H15BIN3O4/c14-8-3-4-15-9(6-8)12(19)16-7-11(18)17-5-1-2-10(17)13(20)21/h3-4,6,10,20-21H,1-2,5,7H2,(H,16,19). The molecule has 0 aliphatic carbocycles. The van der Waals surface area contributed by atoms with E-state index < -0.39 is 19.0 Å². The molecule has 0 spiro atoms. The van der Waals surface area contributed by atoms with Crippen molar-refractivity contribution in [3.05, 3.63) is 27.6 Å². The van der Waals surface area contributed by atoms with Crippen LogP contribution in [0.5, 0.6) is 0 Å². The lowest BCUT2D eigenvalue weighted by Crippen LogP contribution is -2.49. The van der Waals surface area contributed by atoms with Crippen molar-refractivity contribution in [3.8, 4) is 0 Å². The Kier molecular flexibility index (Phi) is 5.54. The summed E-state index contributed by atoms with van der Waals surface area (Å²) in [6.45, 7) is 0.285. The molecule has 1 atom stereocenters. The lowest BCUT2D eigenvalue weighted by atomic mass is 9.78. The average molecular weight is 403 g/mol. The topological polar surface area (TPSA) is 103 Å². The van der Waals surface area contributed by atoms with Crippen LogP contribution in [-0.2, 0) is 4.79 Å². The highest BCUT2D eigenvalue weighted by molar-refractivity contribution is 14.1. The van der Waals surface area contributed by atoms with E-state index in [1.807, 2.05) is 0 Å². The third-order valence-electron chi connectivity index (χ3n) is 3.32. The van der Waals surface area contributed by atoms with Gasteiger partial charge in [-0.05, 0) is 47.6 Å². The number of aromatic nitrogens is 1. The average Bonchev–Trinajstić information content (AvgIpc) is 2.94. The van der Waals surface area contributed by atoms with Gasteiger partial charge < -0.3 is 20.3 Å². The van der Waals surface area contributed by atoms with E-state index in [0.29, 0.717) is 13.0 Å². The number of hydrogen-bond acceptors (Lipinski definition) is 5. The van der Waals surface area contributed by atoms with Gasteiger partial charge in [-0.1, -0.05) is 0 Å². The second-order valence-corrected chi connectivity index (χ2v) is 6.00. The maximum absolute atomic E-state index is 12.0. The second kappa shape index (κ2) is 7.18. The smallest absolute Gasteiger partial charge is 0.426 e. The van der Waals surface area contributed by atoms with E-state index >= 15 is 0 Å². The SMILES string of the molecule is O=C(NCC(=O)N1CCCC1B(O)O)c1cc(I)ccn1. The molecular formula is C12H15BIN3O4. The van der Waals surface area contributed by atoms with Crippen LogP contribution >= 0.6 is 22.6 Å². The van der Waals surface area contributed by atoms with Gasteiger partial charge in [-0.25, -0.2) is 0 Å². The predicted octanol–water partition coefficient (Wildman–Crippen LogP) is -0.581. The van der Waals surface area contributed by atoms with Crippen LogP contribution in [0.4, 0.5) is 0 Å². The summed E-state index contributed by atoms with van der Waals surface area (Å²) in [5, 5.41) is 20.9. The van der Waals surface area contributed by atoms with Crippen LogP contribution in [0.25, 0.3) is 0 Å². The van der Waals surface area contributed by atoms with Gasteiger partial charge in [0.05, 0.1) is 12.5 Å². The number of carbonyl (C=O) groups excluding carboxylic acids is 2. The minimum atomic E-state index is -1.55. The zero-order valence-corrected chi connectivity index (χ0v) is 13.4. The molecule has 1 aromatic heterocycles. The quantitative estimate of drug-likeness (QED) is 0.462. The molecule has 2 rings (SSSR count). The molecule has 9 heteroatoms. The zero-order valence-electron chi connectivity index (χ0n) is 11.2. The third-order valence-corrected chi connectivity index (χ3v) is 3.99. The summed E-state index contributed by atoms with van der Waals surface area (Å²) in [6.07, 6.45) is 2.80. The predicted molar refractivity (Wildman–Crippen MR) is 84.2 cm³/mol. The van der Waals surface area contributed by atoms with Gasteiger partial charge in [0.25, 0.3) is 5.91 Å². The van der Waals surface area contributed by atoms with E-state index in [9.17, 15) is 19.6 Å². The highest BCUT2D eigenvalue weighted by Crippen LogP contribution is 2.17. The first-order valence-electron chi connectivity index (χ1n) is 6.54. The molecule has 0 radical (unpaired) electrons. The van der Waals surface area contributed by atoms with Gasteiger partial charge in [0.1, 0.15) is 5.69 Å². The van der Waals surface area contributed by atoms with E-state index in [2.05, 4.69) is 32.9 Å². The summed E-state index contributed by atoms with van der Waals surface area (Å²) in [5.41, 5.74) is 0.245. The van der Waals surface area contributed by atoms with Gasteiger partial charge in [-0.2, -0.15) is 0 Å². The normalized spacial score (nSPS) is 17.7. The molecule has 1 aliphatic rings. The molecule has 3 N–H and O–H groups in total. The summed E-state index contributed by atoms with van der Waals surface area (Å²) in [4.78, 5) is 29.2. The minimum Gasteiger partial charge on any atom is -0.426 e. The van der Waals surface area contributed by atoms with Gasteiger partial charge in [0, 0.05) is 16.3 Å². The highest BCUT2D eigenvalue weighted by Gasteiger charge is 2.36. The first-order chi connectivity index (χ1) is 9.99. The van der Waals surface area contributed by atoms with Crippen LogP contribution in [0.1, 0.15) is 23.3 Å². The number of amides is 2. The fourth-order valence-corrected chi connectivity index (χ4v) is 2.74. The lowest BCUT2D eigenvalue weighted by molar-refractivity contribution is -0.130. The molecule has 1 saturated heterocycles. The van der Waals surface area contributed by atoms with Crippen molar-refractivity contribution >= 4 is 41.5 Å². The second-order valence-electron chi connectivity index (χ2n) is 4.75. The van der Waals surface area contributed by atoms with Gasteiger partial charge in [0.15, 0.2) is 0 Å². The van der Waals surface area contributed by atoms with Crippen LogP contribution < -0.4 is 5.32 Å². The summed E-state index contributed by atoms with van der Waals surface area (Å²) < 4.78 is 0.877. The van der Waals surface area contributed by atoms with E-state index in [0.717, 1.165) is 9.99 Å². The molecule has 2 amide bonds. The van der Waals surface area contributed by atoms with Crippen LogP contribution in [0.2, 0.25) is 0 Å². The highest BCUT2D eigenvalue weighted by atomic mass is 127. The van der Waals surface area contributed by atoms with Crippen molar-refractivity contribution in [1.82, 2.24) is 15.2 Å². The summed E-state index contributed by atoms with van der Waals surface area (Å²) >= 11 is 2.07. The first kappa shape index (κ1) is 16.2. The Bertz CT molecular complexity index is 543. The Morgan fingerprint density at radius 2 is 2.29 bits per heavy atom. The summed E-state index contributed by atoms with van der Waals surface area (Å²) in [6, 6.07) is 3.39. The van der Waals surface area contributed by atoms with Crippen molar-refractivity contribution in [2.45, 2.75) is 18.8 Å². The Labute approximate surface area is 136 Å². The maximum atomic E-state index is 12.0. The summed E-state index contributed by atoms with van der Waals surface area (Å²) in [7, 11) is -1.55. The number of likely N-dealkylation sites (tertiary alicyclic amines) is 1. The van der Waals surface area contributed by atoms with Gasteiger partial charge >= 0.3 is 7.12 Å². The van der Waals surface area contributed by atoms with Crippen molar-refractivity contribution < 1.29 is 19.6 Å². The fraction of sp³-hybridized carbons (Fsp3) is 0.417. The lowest BCUT2D eigenvalue weighted by Gasteiger charge is -2.24. The van der Waals surface area contributed by atoms with E-state index in [1.54, 1.807) is 12.1 Å². The van der Waals surface area contributed by atoms with Crippen LogP contribution in [0.3, 0.4) is 0 Å². The fourth-order valence-electron chi connectivity index (χ4n) is 2.29. The molecule has 21 heavy (non-hydrogen) atoms. The molecule has 7 nitrogen and oxygen atoms in total. The van der Waals surface area contributed by atoms with Gasteiger partial charge in [-0.3, -0.25) is 14.6 Å². The molecule has 0 saturated carbocycles. The molecule has 2 heterocycles. The Morgan fingerprint density at radius 1 is 1.52 bits per heavy atom. The van der Waals surface area contributed by atoms with E-state index in [4.69, 9.17) is 0 Å². The van der Waals surface area contributed by atoms with Crippen LogP contribution in [0, 0.1) is 3.57 Å². The minimum absolute atomic E-state index is 0.185. The van der Waals surface area contributed by atoms with Crippen LogP contribution in [0.15, 0.2) is 18.3 Å². The number of halogens is 1. The van der Waals surface area contributed by atoms with Gasteiger partial charge in [-0.15, -0.1) is 0 Å². The molecule has 1 aliphatic heterocycles. The number of nitrogens with zero attached hydrogens (tertiary/aromatic N) is 2. The molecule has 1 fully saturated rings. The van der Waals surface area contributed by atoms with Crippen molar-refractivity contribution in [3.63, 3.8) is 0 Å². The first-order valence-corrected chi connectivity index (χ1v) is 7.62. The summed E-state index contributed by atoms with van der Waals surface area (Å²) in [5.74, 6) is -1.35. The number of rotatable bonds is 4.